The molecular weight excluding hydrogens is 340 g/mol. The van der Waals surface area contributed by atoms with Crippen LogP contribution in [0.25, 0.3) is 0 Å². The molecule has 0 fully saturated rings. The topological polar surface area (TPSA) is 101 Å². The number of ether oxygens (including phenoxy) is 2. The predicted molar refractivity (Wildman–Crippen MR) is 94.1 cm³/mol. The second kappa shape index (κ2) is 6.53. The Balaban J connectivity index is 2.21. The molecule has 8 heteroatoms. The van der Waals surface area contributed by atoms with Crippen LogP contribution in [0.1, 0.15) is 18.5 Å². The van der Waals surface area contributed by atoms with Crippen molar-refractivity contribution in [2.24, 2.45) is 10.7 Å². The molecular formula is C17H16N4O3S. The highest BCUT2D eigenvalue weighted by Gasteiger charge is 2.42. The van der Waals surface area contributed by atoms with Gasteiger partial charge in [-0.3, -0.25) is 4.90 Å². The average Bonchev–Trinajstić information content (AvgIpc) is 2.95. The summed E-state index contributed by atoms with van der Waals surface area (Å²) in [5.74, 6) is 0.433. The Morgan fingerprint density at radius 3 is 2.84 bits per heavy atom. The van der Waals surface area contributed by atoms with Crippen molar-refractivity contribution in [3.05, 3.63) is 51.8 Å². The monoisotopic (exact) mass is 356 g/mol. The van der Waals surface area contributed by atoms with Crippen LogP contribution in [0.2, 0.25) is 0 Å². The molecule has 0 amide bonds. The first-order valence-electron chi connectivity index (χ1n) is 7.40. The van der Waals surface area contributed by atoms with Gasteiger partial charge in [-0.2, -0.15) is 5.26 Å². The fourth-order valence-electron chi connectivity index (χ4n) is 2.84. The van der Waals surface area contributed by atoms with Crippen LogP contribution in [0.3, 0.4) is 0 Å². The lowest BCUT2D eigenvalue weighted by atomic mass is 9.94. The molecule has 2 N–H and O–H groups in total. The van der Waals surface area contributed by atoms with Gasteiger partial charge in [-0.15, -0.1) is 0 Å². The zero-order valence-corrected chi connectivity index (χ0v) is 14.8. The van der Waals surface area contributed by atoms with Crippen LogP contribution in [0.15, 0.2) is 51.3 Å². The molecule has 2 aliphatic heterocycles. The average molecular weight is 356 g/mol. The van der Waals surface area contributed by atoms with E-state index in [9.17, 15) is 10.1 Å². The molecule has 0 spiro atoms. The largest absolute Gasteiger partial charge is 0.497 e. The van der Waals surface area contributed by atoms with Gasteiger partial charge >= 0.3 is 5.97 Å². The van der Waals surface area contributed by atoms with Crippen LogP contribution in [0, 0.1) is 11.3 Å². The van der Waals surface area contributed by atoms with Crippen molar-refractivity contribution < 1.29 is 14.3 Å². The Morgan fingerprint density at radius 2 is 2.20 bits per heavy atom. The van der Waals surface area contributed by atoms with Gasteiger partial charge in [0.15, 0.2) is 5.17 Å². The fourth-order valence-corrected chi connectivity index (χ4v) is 3.75. The SMILES string of the molecule is COC(=O)C1=C(C)N=C2SC(C#N)=C(N)N2[C@@H]1c1cccc(OC)c1. The highest BCUT2D eigenvalue weighted by Crippen LogP contribution is 2.45. The number of rotatable bonds is 3. The van der Waals surface area contributed by atoms with Gasteiger partial charge in [0.1, 0.15) is 22.5 Å². The van der Waals surface area contributed by atoms with E-state index in [1.807, 2.05) is 24.3 Å². The van der Waals surface area contributed by atoms with Gasteiger partial charge in [0, 0.05) is 0 Å². The number of thioether (sulfide) groups is 1. The second-order valence-electron chi connectivity index (χ2n) is 5.36. The number of nitrogens with zero attached hydrogens (tertiary/aromatic N) is 3. The number of amidine groups is 1. The molecule has 3 rings (SSSR count). The van der Waals surface area contributed by atoms with Crippen molar-refractivity contribution in [2.45, 2.75) is 13.0 Å². The van der Waals surface area contributed by atoms with Crippen LogP contribution in [-0.2, 0) is 9.53 Å². The van der Waals surface area contributed by atoms with E-state index in [0.29, 0.717) is 27.1 Å². The van der Waals surface area contributed by atoms with E-state index in [1.165, 1.54) is 18.9 Å². The number of carbonyl (C=O) groups excluding carboxylic acids is 1. The molecule has 0 saturated carbocycles. The van der Waals surface area contributed by atoms with Crippen LogP contribution in [0.4, 0.5) is 0 Å². The first-order chi connectivity index (χ1) is 12.0. The summed E-state index contributed by atoms with van der Waals surface area (Å²) in [6, 6.07) is 8.87. The van der Waals surface area contributed by atoms with Gasteiger partial charge in [0.05, 0.1) is 31.5 Å². The van der Waals surface area contributed by atoms with Crippen LogP contribution in [0.5, 0.6) is 5.75 Å². The van der Waals surface area contributed by atoms with E-state index in [0.717, 1.165) is 5.56 Å². The summed E-state index contributed by atoms with van der Waals surface area (Å²) in [4.78, 5) is 18.9. The summed E-state index contributed by atoms with van der Waals surface area (Å²) < 4.78 is 10.2. The first kappa shape index (κ1) is 16.9. The van der Waals surface area contributed by atoms with E-state index in [2.05, 4.69) is 11.1 Å². The molecule has 0 unspecified atom stereocenters. The summed E-state index contributed by atoms with van der Waals surface area (Å²) in [5, 5.41) is 9.86. The zero-order valence-electron chi connectivity index (χ0n) is 13.9. The van der Waals surface area contributed by atoms with Gasteiger partial charge in [-0.1, -0.05) is 12.1 Å². The highest BCUT2D eigenvalue weighted by atomic mass is 32.2. The Labute approximate surface area is 149 Å². The third-order valence-electron chi connectivity index (χ3n) is 3.99. The quantitative estimate of drug-likeness (QED) is 0.829. The smallest absolute Gasteiger partial charge is 0.338 e. The molecule has 7 nitrogen and oxygen atoms in total. The van der Waals surface area contributed by atoms with Crippen molar-refractivity contribution in [1.29, 1.82) is 5.26 Å². The maximum absolute atomic E-state index is 12.4. The molecule has 0 saturated heterocycles. The molecule has 128 valence electrons. The van der Waals surface area contributed by atoms with Crippen LogP contribution in [-0.4, -0.2) is 30.3 Å². The highest BCUT2D eigenvalue weighted by molar-refractivity contribution is 8.17. The molecule has 1 atom stereocenters. The number of nitriles is 1. The summed E-state index contributed by atoms with van der Waals surface area (Å²) >= 11 is 1.19. The first-order valence-corrected chi connectivity index (χ1v) is 8.22. The number of esters is 1. The lowest BCUT2D eigenvalue weighted by Gasteiger charge is -2.34. The standard InChI is InChI=1S/C17H16N4O3S/c1-9-13(16(22)24-3)14(10-5-4-6-11(7-10)23-2)21-15(19)12(8-18)25-17(21)20-9/h4-7,14H,19H2,1-3H3/t14-/m1/s1. The number of benzene rings is 1. The Hall–Kier alpha value is -2.92. The summed E-state index contributed by atoms with van der Waals surface area (Å²) in [6.07, 6.45) is 0. The normalized spacial score (nSPS) is 19.4. The number of methoxy groups -OCH3 is 2. The number of allylic oxidation sites excluding steroid dienone is 2. The van der Waals surface area contributed by atoms with Gasteiger partial charge in [-0.05, 0) is 36.4 Å². The van der Waals surface area contributed by atoms with Crippen LogP contribution >= 0.6 is 11.8 Å². The van der Waals surface area contributed by atoms with Gasteiger partial charge < -0.3 is 15.2 Å². The maximum atomic E-state index is 12.4. The molecule has 0 bridgehead atoms. The number of fused-ring (bicyclic) bond motifs is 1. The van der Waals surface area contributed by atoms with Crippen molar-refractivity contribution in [3.63, 3.8) is 0 Å². The summed E-state index contributed by atoms with van der Waals surface area (Å²) in [5.41, 5.74) is 7.86. The van der Waals surface area contributed by atoms with E-state index in [4.69, 9.17) is 15.2 Å². The minimum absolute atomic E-state index is 0.271. The summed E-state index contributed by atoms with van der Waals surface area (Å²) in [6.45, 7) is 1.74. The fraction of sp³-hybridized carbons (Fsp3) is 0.235. The lowest BCUT2D eigenvalue weighted by molar-refractivity contribution is -0.136. The molecule has 2 heterocycles. The van der Waals surface area contributed by atoms with E-state index < -0.39 is 12.0 Å². The Bertz CT molecular complexity index is 882. The van der Waals surface area contributed by atoms with E-state index in [-0.39, 0.29) is 5.82 Å². The molecule has 25 heavy (non-hydrogen) atoms. The van der Waals surface area contributed by atoms with Gasteiger partial charge in [-0.25, -0.2) is 9.79 Å². The van der Waals surface area contributed by atoms with Crippen molar-refractivity contribution in [1.82, 2.24) is 4.90 Å². The number of hydrogen-bond acceptors (Lipinski definition) is 8. The second-order valence-corrected chi connectivity index (χ2v) is 6.34. The predicted octanol–water partition coefficient (Wildman–Crippen LogP) is 2.25. The van der Waals surface area contributed by atoms with Crippen LogP contribution < -0.4 is 10.5 Å². The minimum atomic E-state index is -0.548. The Morgan fingerprint density at radius 1 is 1.44 bits per heavy atom. The number of nitrogens with two attached hydrogens (primary N) is 1. The molecule has 1 aromatic rings. The zero-order chi connectivity index (χ0) is 18.1. The van der Waals surface area contributed by atoms with E-state index in [1.54, 1.807) is 18.9 Å². The van der Waals surface area contributed by atoms with E-state index >= 15 is 0 Å². The van der Waals surface area contributed by atoms with Crippen molar-refractivity contribution in [2.75, 3.05) is 14.2 Å². The summed E-state index contributed by atoms with van der Waals surface area (Å²) in [7, 11) is 2.89. The molecule has 0 aromatic heterocycles. The third-order valence-corrected chi connectivity index (χ3v) is 4.97. The minimum Gasteiger partial charge on any atom is -0.497 e. The maximum Gasteiger partial charge on any atom is 0.338 e. The molecule has 0 radical (unpaired) electrons. The number of carbonyl (C=O) groups is 1. The number of hydrogen-bond donors (Lipinski definition) is 1. The van der Waals surface area contributed by atoms with Gasteiger partial charge in [0.2, 0.25) is 0 Å². The Kier molecular flexibility index (Phi) is 4.42. The molecule has 0 aliphatic carbocycles. The van der Waals surface area contributed by atoms with Crippen molar-refractivity contribution >= 4 is 22.9 Å². The lowest BCUT2D eigenvalue weighted by Crippen LogP contribution is -2.38. The molecule has 1 aromatic carbocycles. The van der Waals surface area contributed by atoms with Crippen molar-refractivity contribution in [3.8, 4) is 11.8 Å². The third kappa shape index (κ3) is 2.72. The number of aliphatic imine (C=N–C) groups is 1. The molecule has 2 aliphatic rings. The van der Waals surface area contributed by atoms with Gasteiger partial charge in [0.25, 0.3) is 0 Å².